The average Bonchev–Trinajstić information content (AvgIpc) is 2.89. The Morgan fingerprint density at radius 3 is 3.11 bits per heavy atom. The minimum Gasteiger partial charge on any atom is -0.375 e. The van der Waals surface area contributed by atoms with Crippen LogP contribution in [0.3, 0.4) is 0 Å². The normalized spacial score (nSPS) is 21.6. The number of fused-ring (bicyclic) bond motifs is 1. The summed E-state index contributed by atoms with van der Waals surface area (Å²) >= 11 is 3.74. The van der Waals surface area contributed by atoms with Gasteiger partial charge in [-0.05, 0) is 28.8 Å². The molecule has 0 radical (unpaired) electrons. The first-order valence-corrected chi connectivity index (χ1v) is 8.52. The van der Waals surface area contributed by atoms with Crippen LogP contribution in [-0.4, -0.2) is 30.3 Å². The van der Waals surface area contributed by atoms with E-state index in [9.17, 15) is 0 Å². The fraction of sp³-hybridized carbons (Fsp3) is 0.429. The fourth-order valence-corrected chi connectivity index (χ4v) is 4.38. The molecule has 0 spiro atoms. The van der Waals surface area contributed by atoms with Gasteiger partial charge in [0.25, 0.3) is 0 Å². The van der Waals surface area contributed by atoms with Gasteiger partial charge >= 0.3 is 0 Å². The summed E-state index contributed by atoms with van der Waals surface area (Å²) in [4.78, 5) is 0. The number of ether oxygens (including phenoxy) is 1. The summed E-state index contributed by atoms with van der Waals surface area (Å²) in [5, 5.41) is 3.58. The van der Waals surface area contributed by atoms with Crippen LogP contribution in [0, 0.1) is 0 Å². The number of hydrogen-bond donors (Lipinski definition) is 2. The molecule has 19 heavy (non-hydrogen) atoms. The van der Waals surface area contributed by atoms with E-state index in [4.69, 9.17) is 10.6 Å². The zero-order valence-corrected chi connectivity index (χ0v) is 12.3. The molecule has 2 unspecified atom stereocenters. The summed E-state index contributed by atoms with van der Waals surface area (Å²) in [6, 6.07) is 8.72. The zero-order valence-electron chi connectivity index (χ0n) is 10.7. The predicted octanol–water partition coefficient (Wildman–Crippen LogP) is 2.41. The van der Waals surface area contributed by atoms with Gasteiger partial charge in [-0.25, -0.2) is 0 Å². The van der Waals surface area contributed by atoms with Crippen molar-refractivity contribution in [2.75, 3.05) is 18.1 Å². The Kier molecular flexibility index (Phi) is 4.40. The molecule has 0 aliphatic carbocycles. The van der Waals surface area contributed by atoms with Crippen molar-refractivity contribution in [2.45, 2.75) is 18.6 Å². The molecule has 102 valence electrons. The van der Waals surface area contributed by atoms with E-state index in [0.29, 0.717) is 0 Å². The van der Waals surface area contributed by atoms with Crippen LogP contribution in [0.15, 0.2) is 29.6 Å². The first-order chi connectivity index (χ1) is 9.38. The van der Waals surface area contributed by atoms with E-state index in [1.807, 2.05) is 11.8 Å². The Labute approximate surface area is 121 Å². The fourth-order valence-electron chi connectivity index (χ4n) is 2.46. The Hall–Kier alpha value is -0.590. The molecule has 2 atom stereocenters. The minimum absolute atomic E-state index is 0.186. The van der Waals surface area contributed by atoms with Crippen LogP contribution in [0.5, 0.6) is 0 Å². The molecule has 5 heteroatoms. The standard InChI is InChI=1S/C14H18N2OS2/c15-16-12(13-9-18-6-5-17-13)7-10-8-19-14-4-2-1-3-11(10)14/h1-4,8,12-13,16H,5-7,9,15H2. The average molecular weight is 294 g/mol. The molecule has 0 bridgehead atoms. The molecule has 2 aromatic rings. The highest BCUT2D eigenvalue weighted by molar-refractivity contribution is 7.99. The third-order valence-corrected chi connectivity index (χ3v) is 5.54. The quantitative estimate of drug-likeness (QED) is 0.671. The number of thiophene rings is 1. The number of hydrazine groups is 1. The molecular weight excluding hydrogens is 276 g/mol. The maximum atomic E-state index is 5.83. The molecule has 0 amide bonds. The lowest BCUT2D eigenvalue weighted by atomic mass is 10.0. The summed E-state index contributed by atoms with van der Waals surface area (Å²) in [7, 11) is 0. The largest absolute Gasteiger partial charge is 0.375 e. The van der Waals surface area contributed by atoms with E-state index in [1.54, 1.807) is 11.3 Å². The monoisotopic (exact) mass is 294 g/mol. The lowest BCUT2D eigenvalue weighted by molar-refractivity contribution is 0.0473. The van der Waals surface area contributed by atoms with E-state index >= 15 is 0 Å². The summed E-state index contributed by atoms with van der Waals surface area (Å²) in [6.07, 6.45) is 1.13. The molecule has 2 heterocycles. The van der Waals surface area contributed by atoms with Gasteiger partial charge in [0.05, 0.1) is 18.8 Å². The lowest BCUT2D eigenvalue weighted by Crippen LogP contribution is -2.49. The van der Waals surface area contributed by atoms with Crippen LogP contribution in [0.2, 0.25) is 0 Å². The van der Waals surface area contributed by atoms with Gasteiger partial charge in [0.15, 0.2) is 0 Å². The molecule has 1 aromatic heterocycles. The van der Waals surface area contributed by atoms with Crippen LogP contribution in [-0.2, 0) is 11.2 Å². The second kappa shape index (κ2) is 6.24. The highest BCUT2D eigenvalue weighted by atomic mass is 32.2. The maximum absolute atomic E-state index is 5.83. The van der Waals surface area contributed by atoms with Crippen LogP contribution in [0.4, 0.5) is 0 Å². The number of thioether (sulfide) groups is 1. The Morgan fingerprint density at radius 1 is 1.42 bits per heavy atom. The third kappa shape index (κ3) is 2.95. The topological polar surface area (TPSA) is 47.3 Å². The van der Waals surface area contributed by atoms with E-state index in [1.165, 1.54) is 15.6 Å². The Balaban J connectivity index is 1.78. The number of benzene rings is 1. The molecular formula is C14H18N2OS2. The smallest absolute Gasteiger partial charge is 0.0835 e. The molecule has 3 N–H and O–H groups in total. The molecule has 0 saturated carbocycles. The number of hydrogen-bond acceptors (Lipinski definition) is 5. The summed E-state index contributed by atoms with van der Waals surface area (Å²) in [5.41, 5.74) is 4.30. The second-order valence-electron chi connectivity index (χ2n) is 4.72. The Morgan fingerprint density at radius 2 is 2.32 bits per heavy atom. The maximum Gasteiger partial charge on any atom is 0.0835 e. The van der Waals surface area contributed by atoms with Gasteiger partial charge in [-0.3, -0.25) is 11.3 Å². The SMILES string of the molecule is NNC(Cc1csc2ccccc12)C1CSCCO1. The second-order valence-corrected chi connectivity index (χ2v) is 6.78. The van der Waals surface area contributed by atoms with Crippen LogP contribution < -0.4 is 11.3 Å². The van der Waals surface area contributed by atoms with Crippen molar-refractivity contribution in [1.82, 2.24) is 5.43 Å². The van der Waals surface area contributed by atoms with Gasteiger partial charge in [0.1, 0.15) is 0 Å². The van der Waals surface area contributed by atoms with Crippen molar-refractivity contribution in [3.8, 4) is 0 Å². The van der Waals surface area contributed by atoms with Crippen LogP contribution in [0.1, 0.15) is 5.56 Å². The van der Waals surface area contributed by atoms with Crippen molar-refractivity contribution < 1.29 is 4.74 Å². The van der Waals surface area contributed by atoms with Gasteiger partial charge in [-0.2, -0.15) is 11.8 Å². The van der Waals surface area contributed by atoms with Crippen LogP contribution >= 0.6 is 23.1 Å². The van der Waals surface area contributed by atoms with Crippen molar-refractivity contribution in [3.05, 3.63) is 35.2 Å². The molecule has 3 nitrogen and oxygen atoms in total. The van der Waals surface area contributed by atoms with Crippen molar-refractivity contribution in [1.29, 1.82) is 0 Å². The number of nitrogens with two attached hydrogens (primary N) is 1. The Bertz CT molecular complexity index is 537. The van der Waals surface area contributed by atoms with E-state index in [0.717, 1.165) is 24.5 Å². The van der Waals surface area contributed by atoms with Crippen molar-refractivity contribution >= 4 is 33.2 Å². The van der Waals surface area contributed by atoms with Gasteiger partial charge < -0.3 is 4.74 Å². The number of rotatable bonds is 4. The number of nitrogens with one attached hydrogen (secondary N) is 1. The first kappa shape index (κ1) is 13.4. The molecule has 1 aliphatic heterocycles. The van der Waals surface area contributed by atoms with Gasteiger partial charge in [-0.1, -0.05) is 18.2 Å². The predicted molar refractivity (Wildman–Crippen MR) is 83.7 cm³/mol. The van der Waals surface area contributed by atoms with Crippen LogP contribution in [0.25, 0.3) is 10.1 Å². The van der Waals surface area contributed by atoms with E-state index < -0.39 is 0 Å². The van der Waals surface area contributed by atoms with Gasteiger partial charge in [0, 0.05) is 16.2 Å². The van der Waals surface area contributed by atoms with Gasteiger partial charge in [0.2, 0.25) is 0 Å². The molecule has 1 aliphatic rings. The summed E-state index contributed by atoms with van der Waals surface area (Å²) in [5.74, 6) is 7.85. The lowest BCUT2D eigenvalue weighted by Gasteiger charge is -2.29. The molecule has 1 aromatic carbocycles. The van der Waals surface area contributed by atoms with E-state index in [-0.39, 0.29) is 12.1 Å². The molecule has 3 rings (SSSR count). The minimum atomic E-state index is 0.186. The first-order valence-electron chi connectivity index (χ1n) is 6.49. The highest BCUT2D eigenvalue weighted by Gasteiger charge is 2.24. The summed E-state index contributed by atoms with van der Waals surface area (Å²) < 4.78 is 7.17. The van der Waals surface area contributed by atoms with Crippen molar-refractivity contribution in [3.63, 3.8) is 0 Å². The molecule has 1 fully saturated rings. The van der Waals surface area contributed by atoms with E-state index in [2.05, 4.69) is 35.1 Å². The molecule has 1 saturated heterocycles. The zero-order chi connectivity index (χ0) is 13.1. The van der Waals surface area contributed by atoms with Crippen molar-refractivity contribution in [2.24, 2.45) is 5.84 Å². The highest BCUT2D eigenvalue weighted by Crippen LogP contribution is 2.27. The third-order valence-electron chi connectivity index (χ3n) is 3.51. The van der Waals surface area contributed by atoms with Gasteiger partial charge in [-0.15, -0.1) is 11.3 Å². The summed E-state index contributed by atoms with van der Waals surface area (Å²) in [6.45, 7) is 0.831.